The van der Waals surface area contributed by atoms with E-state index in [-0.39, 0.29) is 33.8 Å². The van der Waals surface area contributed by atoms with Crippen LogP contribution in [0.1, 0.15) is 30.9 Å². The van der Waals surface area contributed by atoms with Crippen molar-refractivity contribution in [2.24, 2.45) is 11.7 Å². The molecule has 216 valence electrons. The molecule has 11 heteroatoms. The highest BCUT2D eigenvalue weighted by molar-refractivity contribution is 8.10. The Bertz CT molecular complexity index is 1430. The number of ether oxygens (including phenoxy) is 1. The molecule has 0 spiro atoms. The summed E-state index contributed by atoms with van der Waals surface area (Å²) in [7, 11) is 0. The van der Waals surface area contributed by atoms with Gasteiger partial charge in [0.05, 0.1) is 28.8 Å². The molecular weight excluding hydrogens is 571 g/mol. The second-order valence-electron chi connectivity index (χ2n) is 9.63. The van der Waals surface area contributed by atoms with Gasteiger partial charge in [0.15, 0.2) is 0 Å². The number of rotatable bonds is 10. The molecule has 1 atom stereocenters. The molecule has 2 heterocycles. The number of anilines is 2. The van der Waals surface area contributed by atoms with Gasteiger partial charge in [0.25, 0.3) is 0 Å². The Morgan fingerprint density at radius 3 is 2.66 bits per heavy atom. The zero-order valence-electron chi connectivity index (χ0n) is 22.5. The smallest absolute Gasteiger partial charge is 0.422 e. The van der Waals surface area contributed by atoms with Crippen molar-refractivity contribution in [3.63, 3.8) is 0 Å². The van der Waals surface area contributed by atoms with Crippen LogP contribution in [0.25, 0.3) is 4.91 Å². The van der Waals surface area contributed by atoms with Gasteiger partial charge in [0, 0.05) is 29.3 Å². The lowest BCUT2D eigenvalue weighted by Gasteiger charge is -2.37. The Morgan fingerprint density at radius 2 is 1.98 bits per heavy atom. The summed E-state index contributed by atoms with van der Waals surface area (Å²) in [5, 5.41) is 12.8. The number of hydrogen-bond donors (Lipinski definition) is 2. The van der Waals surface area contributed by atoms with E-state index in [1.807, 2.05) is 12.3 Å². The van der Waals surface area contributed by atoms with Gasteiger partial charge in [-0.2, -0.15) is 23.4 Å². The number of nitrogens with one attached hydrogen (secondary N) is 1. The molecule has 0 radical (unpaired) electrons. The average Bonchev–Trinajstić information content (AvgIpc) is 2.97. The van der Waals surface area contributed by atoms with Crippen LogP contribution in [0.5, 0.6) is 11.5 Å². The number of piperidine rings is 1. The fraction of sp³-hybridized carbons (Fsp3) is 0.267. The molecule has 3 N–H and O–H groups in total. The quantitative estimate of drug-likeness (QED) is 0.226. The van der Waals surface area contributed by atoms with Gasteiger partial charge in [-0.3, -0.25) is 0 Å². The van der Waals surface area contributed by atoms with Crippen LogP contribution in [0.3, 0.4) is 0 Å². The topological polar surface area (TPSA) is 76.3 Å². The fourth-order valence-electron chi connectivity index (χ4n) is 4.48. The summed E-state index contributed by atoms with van der Waals surface area (Å²) < 4.78 is 50.3. The maximum atomic E-state index is 14.8. The van der Waals surface area contributed by atoms with Crippen molar-refractivity contribution in [2.45, 2.75) is 25.9 Å². The molecular formula is C30H31ClF3N5OS. The third-order valence-electron chi connectivity index (χ3n) is 6.69. The van der Waals surface area contributed by atoms with Crippen LogP contribution in [-0.4, -0.2) is 29.8 Å². The van der Waals surface area contributed by atoms with E-state index in [4.69, 9.17) is 22.1 Å². The van der Waals surface area contributed by atoms with Crippen LogP contribution in [0, 0.1) is 5.92 Å². The summed E-state index contributed by atoms with van der Waals surface area (Å²) in [5.74, 6) is -0.132. The number of allylic oxidation sites excluding steroid dienone is 1. The van der Waals surface area contributed by atoms with Gasteiger partial charge in [-0.05, 0) is 73.5 Å². The standard InChI is InChI=1S/C30H31ClF3N5OS/c1-19(18-41-21(3)23-12-13-36-37-16-23)20(2)38-25-10-11-27(40-26-9-5-4-8-24(26)31)28(30(32,33)34)29(25)39-14-6-7-22(15-35)17-39/h4-5,8-13,16,18,22,38H,2-3,6-7,14-15,17,35H2,1H3/b19-18+/t22-/m0/s1. The molecule has 1 fully saturated rings. The maximum Gasteiger partial charge on any atom is 0.422 e. The molecule has 2 aromatic carbocycles. The zero-order valence-corrected chi connectivity index (χ0v) is 24.1. The largest absolute Gasteiger partial charge is 0.455 e. The predicted molar refractivity (Wildman–Crippen MR) is 162 cm³/mol. The number of para-hydroxylation sites is 1. The minimum atomic E-state index is -4.72. The maximum absolute atomic E-state index is 14.8. The van der Waals surface area contributed by atoms with Crippen LogP contribution < -0.4 is 20.7 Å². The second kappa shape index (κ2) is 13.5. The van der Waals surface area contributed by atoms with E-state index < -0.39 is 11.7 Å². The summed E-state index contributed by atoms with van der Waals surface area (Å²) in [6.07, 6.45) is 0.0345. The Balaban J connectivity index is 1.71. The third-order valence-corrected chi connectivity index (χ3v) is 8.00. The van der Waals surface area contributed by atoms with Crippen LogP contribution in [0.4, 0.5) is 24.5 Å². The number of halogens is 4. The van der Waals surface area contributed by atoms with Crippen molar-refractivity contribution >= 4 is 39.6 Å². The summed E-state index contributed by atoms with van der Waals surface area (Å²) in [6.45, 7) is 11.2. The third kappa shape index (κ3) is 7.63. The van der Waals surface area contributed by atoms with E-state index in [1.165, 1.54) is 23.9 Å². The van der Waals surface area contributed by atoms with E-state index in [9.17, 15) is 13.2 Å². The number of alkyl halides is 3. The Hall–Kier alpha value is -3.47. The van der Waals surface area contributed by atoms with E-state index >= 15 is 0 Å². The average molecular weight is 602 g/mol. The van der Waals surface area contributed by atoms with Gasteiger partial charge in [-0.15, -0.1) is 0 Å². The molecule has 1 aliphatic heterocycles. The monoisotopic (exact) mass is 601 g/mol. The minimum absolute atomic E-state index is 0.00548. The summed E-state index contributed by atoms with van der Waals surface area (Å²) in [4.78, 5) is 2.49. The molecule has 6 nitrogen and oxygen atoms in total. The molecule has 0 unspecified atom stereocenters. The van der Waals surface area contributed by atoms with Gasteiger partial charge in [-0.1, -0.05) is 48.7 Å². The normalized spacial score (nSPS) is 15.9. The summed E-state index contributed by atoms with van der Waals surface area (Å²) in [5.41, 5.74) is 7.30. The number of thioether (sulfide) groups is 1. The highest BCUT2D eigenvalue weighted by atomic mass is 35.5. The van der Waals surface area contributed by atoms with E-state index in [2.05, 4.69) is 28.7 Å². The van der Waals surface area contributed by atoms with Gasteiger partial charge in [-0.25, -0.2) is 0 Å². The van der Waals surface area contributed by atoms with Gasteiger partial charge in [0.2, 0.25) is 0 Å². The molecule has 1 saturated heterocycles. The Kier molecular flexibility index (Phi) is 10.0. The Morgan fingerprint density at radius 1 is 1.20 bits per heavy atom. The lowest BCUT2D eigenvalue weighted by atomic mass is 9.96. The van der Waals surface area contributed by atoms with E-state index in [0.717, 1.165) is 28.9 Å². The van der Waals surface area contributed by atoms with Gasteiger partial charge >= 0.3 is 6.18 Å². The first kappa shape index (κ1) is 30.5. The van der Waals surface area contributed by atoms with Crippen LogP contribution in [0.2, 0.25) is 5.02 Å². The highest BCUT2D eigenvalue weighted by Gasteiger charge is 2.41. The molecule has 1 aromatic heterocycles. The number of hydrogen-bond acceptors (Lipinski definition) is 7. The first-order chi connectivity index (χ1) is 19.6. The molecule has 1 aliphatic rings. The van der Waals surface area contributed by atoms with Crippen molar-refractivity contribution in [3.05, 3.63) is 101 Å². The fourth-order valence-corrected chi connectivity index (χ4v) is 5.38. The van der Waals surface area contributed by atoms with Crippen LogP contribution >= 0.6 is 23.4 Å². The van der Waals surface area contributed by atoms with Crippen LogP contribution in [-0.2, 0) is 6.18 Å². The first-order valence-electron chi connectivity index (χ1n) is 13.0. The second-order valence-corrected chi connectivity index (χ2v) is 11.0. The minimum Gasteiger partial charge on any atom is -0.455 e. The zero-order chi connectivity index (χ0) is 29.6. The molecule has 0 bridgehead atoms. The number of aromatic nitrogens is 2. The first-order valence-corrected chi connectivity index (χ1v) is 14.2. The molecule has 3 aromatic rings. The number of nitrogens with two attached hydrogens (primary N) is 1. The number of nitrogens with zero attached hydrogens (tertiary/aromatic N) is 3. The van der Waals surface area contributed by atoms with Crippen molar-refractivity contribution < 1.29 is 17.9 Å². The summed E-state index contributed by atoms with van der Waals surface area (Å²) in [6, 6.07) is 11.1. The molecule has 0 saturated carbocycles. The van der Waals surface area contributed by atoms with E-state index in [1.54, 1.807) is 47.6 Å². The van der Waals surface area contributed by atoms with Crippen molar-refractivity contribution in [3.8, 4) is 11.5 Å². The van der Waals surface area contributed by atoms with Crippen molar-refractivity contribution in [2.75, 3.05) is 29.9 Å². The predicted octanol–water partition coefficient (Wildman–Crippen LogP) is 8.35. The van der Waals surface area contributed by atoms with Crippen LogP contribution in [0.15, 0.2) is 84.7 Å². The van der Waals surface area contributed by atoms with Crippen molar-refractivity contribution in [1.29, 1.82) is 0 Å². The SMILES string of the molecule is C=C(Nc1ccc(Oc2ccccc2Cl)c(C(F)(F)F)c1N1CCC[C@@H](CN)C1)/C(C)=C/SC(=C)c1ccnnc1. The molecule has 4 rings (SSSR count). The highest BCUT2D eigenvalue weighted by Crippen LogP contribution is 2.49. The molecule has 0 aliphatic carbocycles. The molecule has 41 heavy (non-hydrogen) atoms. The van der Waals surface area contributed by atoms with Gasteiger partial charge in [0.1, 0.15) is 17.1 Å². The number of benzene rings is 2. The van der Waals surface area contributed by atoms with Gasteiger partial charge < -0.3 is 20.7 Å². The van der Waals surface area contributed by atoms with Crippen molar-refractivity contribution in [1.82, 2.24) is 10.2 Å². The lowest BCUT2D eigenvalue weighted by molar-refractivity contribution is -0.138. The van der Waals surface area contributed by atoms with E-state index in [0.29, 0.717) is 25.3 Å². The Labute approximate surface area is 247 Å². The lowest BCUT2D eigenvalue weighted by Crippen LogP contribution is -2.39. The summed E-state index contributed by atoms with van der Waals surface area (Å²) >= 11 is 7.58. The molecule has 0 amide bonds.